The van der Waals surface area contributed by atoms with Gasteiger partial charge in [-0.05, 0) is 80.1 Å². The Bertz CT molecular complexity index is 1190. The van der Waals surface area contributed by atoms with Crippen molar-refractivity contribution in [3.63, 3.8) is 0 Å². The summed E-state index contributed by atoms with van der Waals surface area (Å²) >= 11 is 0. The van der Waals surface area contributed by atoms with Crippen LogP contribution < -0.4 is 19.7 Å². The summed E-state index contributed by atoms with van der Waals surface area (Å²) in [5.41, 5.74) is 2.87. The van der Waals surface area contributed by atoms with Crippen molar-refractivity contribution >= 4 is 33.0 Å². The highest BCUT2D eigenvalue weighted by atomic mass is 32.2. The Morgan fingerprint density at radius 2 is 1.59 bits per heavy atom. The third-order valence-corrected chi connectivity index (χ3v) is 6.65. The lowest BCUT2D eigenvalue weighted by atomic mass is 10.1. The summed E-state index contributed by atoms with van der Waals surface area (Å²) in [6, 6.07) is 18.6. The highest BCUT2D eigenvalue weighted by Crippen LogP contribution is 2.24. The summed E-state index contributed by atoms with van der Waals surface area (Å²) in [7, 11) is -0.335. The predicted octanol–water partition coefficient (Wildman–Crippen LogP) is 4.51. The van der Waals surface area contributed by atoms with Crippen LogP contribution in [0.4, 0.5) is 17.1 Å². The fraction of sp³-hybridized carbons (Fsp3) is 0.208. The predicted molar refractivity (Wildman–Crippen MR) is 128 cm³/mol. The van der Waals surface area contributed by atoms with E-state index in [9.17, 15) is 13.2 Å². The maximum Gasteiger partial charge on any atom is 0.262 e. The number of benzene rings is 3. The summed E-state index contributed by atoms with van der Waals surface area (Å²) in [5.74, 6) is 0.314. The average Bonchev–Trinajstić information content (AvgIpc) is 2.80. The Kier molecular flexibility index (Phi) is 7.05. The average molecular weight is 454 g/mol. The van der Waals surface area contributed by atoms with Crippen molar-refractivity contribution in [2.24, 2.45) is 0 Å². The Morgan fingerprint density at radius 1 is 0.969 bits per heavy atom. The minimum absolute atomic E-state index is 0.0889. The lowest BCUT2D eigenvalue weighted by molar-refractivity contribution is 0.102. The van der Waals surface area contributed by atoms with E-state index in [-0.39, 0.29) is 10.8 Å². The van der Waals surface area contributed by atoms with Gasteiger partial charge in [0, 0.05) is 36.2 Å². The van der Waals surface area contributed by atoms with Gasteiger partial charge in [0.15, 0.2) is 0 Å². The summed E-state index contributed by atoms with van der Waals surface area (Å²) in [4.78, 5) is 14.8. The monoisotopic (exact) mass is 453 g/mol. The topological polar surface area (TPSA) is 87.7 Å². The van der Waals surface area contributed by atoms with Crippen LogP contribution in [0.25, 0.3) is 0 Å². The van der Waals surface area contributed by atoms with Crippen molar-refractivity contribution in [3.8, 4) is 5.75 Å². The van der Waals surface area contributed by atoms with E-state index in [1.54, 1.807) is 62.6 Å². The number of nitrogens with one attached hydrogen (secondary N) is 2. The Balaban J connectivity index is 1.79. The van der Waals surface area contributed by atoms with E-state index < -0.39 is 10.0 Å². The van der Waals surface area contributed by atoms with Gasteiger partial charge in [-0.1, -0.05) is 6.07 Å². The standard InChI is InChI=1S/C24H27N3O4S/c1-5-27(3)21-12-7-18(8-13-21)24(28)25-20-9-6-17(2)23(16-20)32(29,30)26-19-10-14-22(31-4)15-11-19/h6-16,26H,5H2,1-4H3,(H,25,28). The van der Waals surface area contributed by atoms with Gasteiger partial charge in [0.1, 0.15) is 5.75 Å². The van der Waals surface area contributed by atoms with E-state index in [1.807, 2.05) is 26.1 Å². The zero-order chi connectivity index (χ0) is 23.3. The number of carbonyl (C=O) groups is 1. The molecule has 0 spiro atoms. The molecule has 0 heterocycles. The molecular weight excluding hydrogens is 426 g/mol. The Labute approximate surface area is 189 Å². The fourth-order valence-electron chi connectivity index (χ4n) is 3.09. The molecule has 0 atom stereocenters. The maximum absolute atomic E-state index is 13.0. The molecule has 0 saturated heterocycles. The number of anilines is 3. The second-order valence-corrected chi connectivity index (χ2v) is 8.98. The van der Waals surface area contributed by atoms with E-state index in [0.717, 1.165) is 12.2 Å². The second kappa shape index (κ2) is 9.74. The van der Waals surface area contributed by atoms with Crippen molar-refractivity contribution < 1.29 is 17.9 Å². The number of carbonyl (C=O) groups excluding carboxylic acids is 1. The summed E-state index contributed by atoms with van der Waals surface area (Å²) in [5, 5.41) is 2.78. The van der Waals surface area contributed by atoms with Gasteiger partial charge in [0.25, 0.3) is 15.9 Å². The zero-order valence-corrected chi connectivity index (χ0v) is 19.4. The largest absolute Gasteiger partial charge is 0.497 e. The second-order valence-electron chi connectivity index (χ2n) is 7.33. The van der Waals surface area contributed by atoms with Crippen LogP contribution in [0.2, 0.25) is 0 Å². The first kappa shape index (κ1) is 23.1. The van der Waals surface area contributed by atoms with Gasteiger partial charge in [-0.25, -0.2) is 8.42 Å². The lowest BCUT2D eigenvalue weighted by Crippen LogP contribution is -2.17. The molecule has 3 rings (SSSR count). The smallest absolute Gasteiger partial charge is 0.262 e. The molecule has 0 radical (unpaired) electrons. The molecule has 0 aliphatic heterocycles. The molecule has 0 unspecified atom stereocenters. The molecule has 3 aromatic rings. The number of nitrogens with zero attached hydrogens (tertiary/aromatic N) is 1. The quantitative estimate of drug-likeness (QED) is 0.524. The zero-order valence-electron chi connectivity index (χ0n) is 18.5. The molecular formula is C24H27N3O4S. The molecule has 0 aromatic heterocycles. The number of methoxy groups -OCH3 is 1. The number of rotatable bonds is 8. The van der Waals surface area contributed by atoms with Crippen LogP contribution in [0.3, 0.4) is 0 Å². The fourth-order valence-corrected chi connectivity index (χ4v) is 4.42. The van der Waals surface area contributed by atoms with Gasteiger partial charge in [0.2, 0.25) is 0 Å². The molecule has 1 amide bonds. The molecule has 168 valence electrons. The molecule has 2 N–H and O–H groups in total. The molecule has 3 aromatic carbocycles. The van der Waals surface area contributed by atoms with Gasteiger partial charge in [0.05, 0.1) is 12.0 Å². The highest BCUT2D eigenvalue weighted by molar-refractivity contribution is 7.92. The van der Waals surface area contributed by atoms with Crippen LogP contribution in [0, 0.1) is 6.92 Å². The van der Waals surface area contributed by atoms with Gasteiger partial charge in [-0.15, -0.1) is 0 Å². The normalized spacial score (nSPS) is 11.0. The molecule has 0 aliphatic rings. The van der Waals surface area contributed by atoms with Crippen molar-refractivity contribution in [1.29, 1.82) is 0 Å². The molecule has 0 saturated carbocycles. The molecule has 7 nitrogen and oxygen atoms in total. The van der Waals surface area contributed by atoms with E-state index in [0.29, 0.717) is 28.3 Å². The first-order valence-corrected chi connectivity index (χ1v) is 11.6. The summed E-state index contributed by atoms with van der Waals surface area (Å²) < 4.78 is 33.6. The van der Waals surface area contributed by atoms with Crippen LogP contribution in [-0.2, 0) is 10.0 Å². The number of aryl methyl sites for hydroxylation is 1. The van der Waals surface area contributed by atoms with Gasteiger partial charge in [-0.2, -0.15) is 0 Å². The van der Waals surface area contributed by atoms with E-state index in [1.165, 1.54) is 6.07 Å². The third-order valence-electron chi connectivity index (χ3n) is 5.12. The van der Waals surface area contributed by atoms with Crippen LogP contribution in [-0.4, -0.2) is 35.0 Å². The molecule has 32 heavy (non-hydrogen) atoms. The van der Waals surface area contributed by atoms with Crippen molar-refractivity contribution in [2.45, 2.75) is 18.7 Å². The van der Waals surface area contributed by atoms with E-state index >= 15 is 0 Å². The molecule has 0 fully saturated rings. The SMILES string of the molecule is CCN(C)c1ccc(C(=O)Nc2ccc(C)c(S(=O)(=O)Nc3ccc(OC)cc3)c2)cc1. The molecule has 0 bridgehead atoms. The highest BCUT2D eigenvalue weighted by Gasteiger charge is 2.18. The number of amides is 1. The van der Waals surface area contributed by atoms with Crippen LogP contribution in [0.15, 0.2) is 71.6 Å². The molecule has 0 aliphatic carbocycles. The van der Waals surface area contributed by atoms with Gasteiger partial charge >= 0.3 is 0 Å². The number of ether oxygens (including phenoxy) is 1. The van der Waals surface area contributed by atoms with Crippen molar-refractivity contribution in [3.05, 3.63) is 77.9 Å². The summed E-state index contributed by atoms with van der Waals surface area (Å²) in [6.07, 6.45) is 0. The third kappa shape index (κ3) is 5.39. The first-order chi connectivity index (χ1) is 15.2. The van der Waals surface area contributed by atoms with Gasteiger partial charge < -0.3 is 15.0 Å². The molecule has 8 heteroatoms. The first-order valence-electron chi connectivity index (χ1n) is 10.1. The minimum atomic E-state index is -3.85. The van der Waals surface area contributed by atoms with Gasteiger partial charge in [-0.3, -0.25) is 9.52 Å². The Hall–Kier alpha value is -3.52. The van der Waals surface area contributed by atoms with Crippen molar-refractivity contribution in [2.75, 3.05) is 35.6 Å². The van der Waals surface area contributed by atoms with Crippen molar-refractivity contribution in [1.82, 2.24) is 0 Å². The number of hydrogen-bond acceptors (Lipinski definition) is 5. The van der Waals surface area contributed by atoms with E-state index in [2.05, 4.69) is 14.9 Å². The maximum atomic E-state index is 13.0. The summed E-state index contributed by atoms with van der Waals surface area (Å²) in [6.45, 7) is 4.61. The van der Waals surface area contributed by atoms with E-state index in [4.69, 9.17) is 4.74 Å². The lowest BCUT2D eigenvalue weighted by Gasteiger charge is -2.17. The van der Waals surface area contributed by atoms with Crippen LogP contribution >= 0.6 is 0 Å². The van der Waals surface area contributed by atoms with Crippen LogP contribution in [0.1, 0.15) is 22.8 Å². The Morgan fingerprint density at radius 3 is 2.19 bits per heavy atom. The number of sulfonamides is 1. The minimum Gasteiger partial charge on any atom is -0.497 e. The number of hydrogen-bond donors (Lipinski definition) is 2. The van der Waals surface area contributed by atoms with Crippen LogP contribution in [0.5, 0.6) is 5.75 Å².